The summed E-state index contributed by atoms with van der Waals surface area (Å²) in [5.74, 6) is -0.436. The molecule has 4 rings (SSSR count). The lowest BCUT2D eigenvalue weighted by Crippen LogP contribution is -2.45. The van der Waals surface area contributed by atoms with E-state index in [9.17, 15) is 9.59 Å². The number of fused-ring (bicyclic) bond motifs is 1. The standard InChI is InChI=1S/C24H21Cl2N3O3/c1-32-23(30)21-14-20(22-18(26)12-15(25)13-19(22)27-21)28-24(31)29(16-8-4-2-5-9-16)17-10-6-3-7-11-17/h2-13,20-21,27H,14H2,1H3,(H,28,31). The molecule has 2 amide bonds. The second-order valence-corrected chi connectivity index (χ2v) is 8.16. The molecule has 2 unspecified atom stereocenters. The molecule has 0 saturated heterocycles. The van der Waals surface area contributed by atoms with Crippen molar-refractivity contribution in [1.82, 2.24) is 5.32 Å². The summed E-state index contributed by atoms with van der Waals surface area (Å²) in [7, 11) is 1.32. The summed E-state index contributed by atoms with van der Waals surface area (Å²) in [5, 5.41) is 7.00. The molecule has 0 aliphatic carbocycles. The van der Waals surface area contributed by atoms with Crippen molar-refractivity contribution >= 4 is 52.3 Å². The normalized spacial score (nSPS) is 17.0. The van der Waals surface area contributed by atoms with E-state index in [0.29, 0.717) is 32.7 Å². The van der Waals surface area contributed by atoms with Gasteiger partial charge in [-0.1, -0.05) is 59.6 Å². The zero-order valence-corrected chi connectivity index (χ0v) is 18.7. The van der Waals surface area contributed by atoms with E-state index in [4.69, 9.17) is 27.9 Å². The largest absolute Gasteiger partial charge is 0.467 e. The SMILES string of the molecule is COC(=O)C1CC(NC(=O)N(c2ccccc2)c2ccccc2)c2c(Cl)cc(Cl)cc2N1. The molecular weight excluding hydrogens is 449 g/mol. The maximum Gasteiger partial charge on any atom is 0.328 e. The van der Waals surface area contributed by atoms with Crippen LogP contribution in [0.4, 0.5) is 21.9 Å². The average Bonchev–Trinajstić information content (AvgIpc) is 2.79. The van der Waals surface area contributed by atoms with Gasteiger partial charge in [-0.3, -0.25) is 4.90 Å². The molecule has 0 radical (unpaired) electrons. The van der Waals surface area contributed by atoms with Crippen LogP contribution in [0.3, 0.4) is 0 Å². The van der Waals surface area contributed by atoms with Crippen LogP contribution in [0.15, 0.2) is 72.8 Å². The number of esters is 1. The average molecular weight is 470 g/mol. The smallest absolute Gasteiger partial charge is 0.328 e. The highest BCUT2D eigenvalue weighted by molar-refractivity contribution is 6.35. The molecule has 32 heavy (non-hydrogen) atoms. The van der Waals surface area contributed by atoms with Crippen LogP contribution in [0.2, 0.25) is 10.0 Å². The lowest BCUT2D eigenvalue weighted by atomic mass is 9.92. The minimum Gasteiger partial charge on any atom is -0.467 e. The molecule has 3 aromatic rings. The second kappa shape index (κ2) is 9.51. The molecule has 0 fully saturated rings. The Kier molecular flexibility index (Phi) is 6.53. The van der Waals surface area contributed by atoms with E-state index in [0.717, 1.165) is 0 Å². The monoisotopic (exact) mass is 469 g/mol. The summed E-state index contributed by atoms with van der Waals surface area (Å²) in [6.45, 7) is 0. The van der Waals surface area contributed by atoms with E-state index in [1.54, 1.807) is 17.0 Å². The fourth-order valence-electron chi connectivity index (χ4n) is 3.84. The number of halogens is 2. The van der Waals surface area contributed by atoms with Gasteiger partial charge in [0.2, 0.25) is 0 Å². The van der Waals surface area contributed by atoms with Crippen LogP contribution in [0.5, 0.6) is 0 Å². The molecule has 0 spiro atoms. The van der Waals surface area contributed by atoms with Gasteiger partial charge in [0.05, 0.1) is 24.5 Å². The molecule has 0 aromatic heterocycles. The first-order valence-electron chi connectivity index (χ1n) is 10.0. The Morgan fingerprint density at radius 3 is 2.16 bits per heavy atom. The Morgan fingerprint density at radius 1 is 1.00 bits per heavy atom. The highest BCUT2D eigenvalue weighted by Gasteiger charge is 2.35. The van der Waals surface area contributed by atoms with E-state index in [-0.39, 0.29) is 12.5 Å². The number of hydrogen-bond acceptors (Lipinski definition) is 4. The lowest BCUT2D eigenvalue weighted by molar-refractivity contribution is -0.141. The number of carbonyl (C=O) groups is 2. The zero-order chi connectivity index (χ0) is 22.7. The Balaban J connectivity index is 1.71. The van der Waals surface area contributed by atoms with Gasteiger partial charge in [0.25, 0.3) is 0 Å². The predicted octanol–water partition coefficient (Wildman–Crippen LogP) is 5.94. The maximum atomic E-state index is 13.6. The Hall–Kier alpha value is -3.22. The Morgan fingerprint density at radius 2 is 1.59 bits per heavy atom. The maximum absolute atomic E-state index is 13.6. The van der Waals surface area contributed by atoms with Crippen molar-refractivity contribution in [3.8, 4) is 0 Å². The Labute approximate surface area is 196 Å². The Bertz CT molecular complexity index is 1090. The number of amides is 2. The van der Waals surface area contributed by atoms with Gasteiger partial charge in [-0.05, 0) is 36.4 Å². The molecule has 1 aliphatic heterocycles. The van der Waals surface area contributed by atoms with Gasteiger partial charge in [-0.2, -0.15) is 0 Å². The summed E-state index contributed by atoms with van der Waals surface area (Å²) in [5.41, 5.74) is 2.67. The van der Waals surface area contributed by atoms with Crippen molar-refractivity contribution in [2.45, 2.75) is 18.5 Å². The van der Waals surface area contributed by atoms with Crippen LogP contribution in [-0.2, 0) is 9.53 Å². The van der Waals surface area contributed by atoms with Crippen molar-refractivity contribution in [3.63, 3.8) is 0 Å². The van der Waals surface area contributed by atoms with Crippen LogP contribution in [0, 0.1) is 0 Å². The van der Waals surface area contributed by atoms with Crippen LogP contribution in [0.1, 0.15) is 18.0 Å². The predicted molar refractivity (Wildman–Crippen MR) is 127 cm³/mol. The highest BCUT2D eigenvalue weighted by atomic mass is 35.5. The number of rotatable bonds is 4. The third kappa shape index (κ3) is 4.52. The summed E-state index contributed by atoms with van der Waals surface area (Å²) in [4.78, 5) is 27.4. The van der Waals surface area contributed by atoms with E-state index >= 15 is 0 Å². The fourth-order valence-corrected chi connectivity index (χ4v) is 4.46. The molecule has 2 atom stereocenters. The van der Waals surface area contributed by atoms with Gasteiger partial charge in [0.1, 0.15) is 6.04 Å². The van der Waals surface area contributed by atoms with Gasteiger partial charge in [0, 0.05) is 27.7 Å². The summed E-state index contributed by atoms with van der Waals surface area (Å²) >= 11 is 12.7. The third-order valence-corrected chi connectivity index (χ3v) is 5.79. The minimum atomic E-state index is -0.658. The van der Waals surface area contributed by atoms with Gasteiger partial charge < -0.3 is 15.4 Å². The van der Waals surface area contributed by atoms with E-state index in [1.165, 1.54) is 7.11 Å². The number of nitrogens with zero attached hydrogens (tertiary/aromatic N) is 1. The molecule has 164 valence electrons. The van der Waals surface area contributed by atoms with Gasteiger partial charge >= 0.3 is 12.0 Å². The van der Waals surface area contributed by atoms with Crippen LogP contribution in [0.25, 0.3) is 0 Å². The number of anilines is 3. The number of nitrogens with one attached hydrogen (secondary N) is 2. The summed E-state index contributed by atoms with van der Waals surface area (Å²) < 4.78 is 4.91. The van der Waals surface area contributed by atoms with Crippen molar-refractivity contribution in [3.05, 3.63) is 88.4 Å². The fraction of sp³-hybridized carbons (Fsp3) is 0.167. The number of hydrogen-bond donors (Lipinski definition) is 2. The van der Waals surface area contributed by atoms with E-state index < -0.39 is 18.1 Å². The summed E-state index contributed by atoms with van der Waals surface area (Å²) in [6, 6.07) is 20.4. The number of carbonyl (C=O) groups excluding carboxylic acids is 2. The molecule has 8 heteroatoms. The quantitative estimate of drug-likeness (QED) is 0.463. The topological polar surface area (TPSA) is 70.7 Å². The first-order chi connectivity index (χ1) is 15.5. The number of para-hydroxylation sites is 2. The van der Waals surface area contributed by atoms with E-state index in [1.807, 2.05) is 60.7 Å². The number of urea groups is 1. The van der Waals surface area contributed by atoms with Gasteiger partial charge in [-0.25, -0.2) is 9.59 Å². The first-order valence-corrected chi connectivity index (χ1v) is 10.8. The number of ether oxygens (including phenoxy) is 1. The third-order valence-electron chi connectivity index (χ3n) is 5.26. The molecule has 0 bridgehead atoms. The number of benzene rings is 3. The van der Waals surface area contributed by atoms with Crippen LogP contribution in [-0.4, -0.2) is 25.2 Å². The molecule has 0 saturated carbocycles. The van der Waals surface area contributed by atoms with Gasteiger partial charge in [0.15, 0.2) is 0 Å². The van der Waals surface area contributed by atoms with Gasteiger partial charge in [-0.15, -0.1) is 0 Å². The molecule has 1 aliphatic rings. The van der Waals surface area contributed by atoms with Crippen molar-refractivity contribution in [2.24, 2.45) is 0 Å². The van der Waals surface area contributed by atoms with Crippen LogP contribution >= 0.6 is 23.2 Å². The van der Waals surface area contributed by atoms with E-state index in [2.05, 4.69) is 10.6 Å². The molecule has 2 N–H and O–H groups in total. The molecule has 1 heterocycles. The van der Waals surface area contributed by atoms with Crippen molar-refractivity contribution < 1.29 is 14.3 Å². The first kappa shape index (κ1) is 22.0. The molecular formula is C24H21Cl2N3O3. The van der Waals surface area contributed by atoms with Crippen molar-refractivity contribution in [2.75, 3.05) is 17.3 Å². The lowest BCUT2D eigenvalue weighted by Gasteiger charge is -2.34. The molecule has 6 nitrogen and oxygen atoms in total. The van der Waals surface area contributed by atoms with Crippen molar-refractivity contribution in [1.29, 1.82) is 0 Å². The second-order valence-electron chi connectivity index (χ2n) is 7.31. The highest BCUT2D eigenvalue weighted by Crippen LogP contribution is 2.40. The zero-order valence-electron chi connectivity index (χ0n) is 17.2. The molecule has 3 aromatic carbocycles. The van der Waals surface area contributed by atoms with Crippen LogP contribution < -0.4 is 15.5 Å². The minimum absolute atomic E-state index is 0.268. The number of methoxy groups -OCH3 is 1. The summed E-state index contributed by atoms with van der Waals surface area (Å²) in [6.07, 6.45) is 0.268.